The van der Waals surface area contributed by atoms with Crippen LogP contribution in [0.15, 0.2) is 0 Å². The molecule has 3 rings (SSSR count). The van der Waals surface area contributed by atoms with Crippen molar-refractivity contribution >= 4 is 22.3 Å². The van der Waals surface area contributed by atoms with Gasteiger partial charge in [0, 0.05) is 39.6 Å². The summed E-state index contributed by atoms with van der Waals surface area (Å²) in [5, 5.41) is 1.02. The highest BCUT2D eigenvalue weighted by Crippen LogP contribution is 2.31. The lowest BCUT2D eigenvalue weighted by molar-refractivity contribution is 0.102. The molecule has 0 unspecified atom stereocenters. The molecule has 1 aromatic rings. The maximum Gasteiger partial charge on any atom is 0.186 e. The molecule has 0 aromatic carbocycles. The van der Waals surface area contributed by atoms with Crippen molar-refractivity contribution in [3.8, 4) is 0 Å². The summed E-state index contributed by atoms with van der Waals surface area (Å²) in [6.45, 7) is 9.17. The molecule has 4 nitrogen and oxygen atoms in total. The number of carbonyl (C=O) groups is 1. The maximum absolute atomic E-state index is 11.5. The SMILES string of the molecule is CC(=O)c1sc(N2CCN(CC3CC3)CC2)nc1C. The van der Waals surface area contributed by atoms with Crippen LogP contribution in [-0.2, 0) is 0 Å². The molecular weight excluding hydrogens is 258 g/mol. The first kappa shape index (κ1) is 13.1. The lowest BCUT2D eigenvalue weighted by Crippen LogP contribution is -2.47. The van der Waals surface area contributed by atoms with E-state index in [4.69, 9.17) is 0 Å². The van der Waals surface area contributed by atoms with Crippen LogP contribution >= 0.6 is 11.3 Å². The van der Waals surface area contributed by atoms with Crippen LogP contribution in [-0.4, -0.2) is 48.4 Å². The zero-order valence-corrected chi connectivity index (χ0v) is 12.5. The number of hydrogen-bond acceptors (Lipinski definition) is 5. The van der Waals surface area contributed by atoms with Crippen LogP contribution in [0.25, 0.3) is 0 Å². The number of Topliss-reactive ketones (excluding diaryl/α,β-unsaturated/α-hetero) is 1. The lowest BCUT2D eigenvalue weighted by atomic mass is 10.3. The normalized spacial score (nSPS) is 20.8. The van der Waals surface area contributed by atoms with Gasteiger partial charge in [0.2, 0.25) is 0 Å². The molecule has 1 aliphatic heterocycles. The van der Waals surface area contributed by atoms with Crippen molar-refractivity contribution in [2.75, 3.05) is 37.6 Å². The number of thiazole rings is 1. The Balaban J connectivity index is 1.61. The Morgan fingerprint density at radius 2 is 2.00 bits per heavy atom. The summed E-state index contributed by atoms with van der Waals surface area (Å²) in [5.41, 5.74) is 0.882. The Labute approximate surface area is 118 Å². The Morgan fingerprint density at radius 3 is 2.53 bits per heavy atom. The lowest BCUT2D eigenvalue weighted by Gasteiger charge is -2.34. The zero-order valence-electron chi connectivity index (χ0n) is 11.7. The van der Waals surface area contributed by atoms with Gasteiger partial charge in [-0.2, -0.15) is 0 Å². The molecule has 5 heteroatoms. The van der Waals surface area contributed by atoms with Gasteiger partial charge in [-0.25, -0.2) is 4.98 Å². The molecule has 1 aromatic heterocycles. The van der Waals surface area contributed by atoms with Gasteiger partial charge in [0.25, 0.3) is 0 Å². The molecule has 0 atom stereocenters. The monoisotopic (exact) mass is 279 g/mol. The van der Waals surface area contributed by atoms with Crippen molar-refractivity contribution in [2.24, 2.45) is 5.92 Å². The van der Waals surface area contributed by atoms with Crippen molar-refractivity contribution < 1.29 is 4.79 Å². The first-order valence-corrected chi connectivity index (χ1v) is 7.91. The van der Waals surface area contributed by atoms with Gasteiger partial charge in [-0.3, -0.25) is 9.69 Å². The summed E-state index contributed by atoms with van der Waals surface area (Å²) >= 11 is 1.55. The first-order chi connectivity index (χ1) is 9.13. The number of rotatable bonds is 4. The highest BCUT2D eigenvalue weighted by Gasteiger charge is 2.27. The van der Waals surface area contributed by atoms with Crippen molar-refractivity contribution in [1.29, 1.82) is 0 Å². The van der Waals surface area contributed by atoms with E-state index in [1.807, 2.05) is 6.92 Å². The van der Waals surface area contributed by atoms with Crippen LogP contribution in [0.1, 0.15) is 35.1 Å². The minimum absolute atomic E-state index is 0.133. The van der Waals surface area contributed by atoms with Crippen molar-refractivity contribution in [3.05, 3.63) is 10.6 Å². The van der Waals surface area contributed by atoms with Crippen LogP contribution < -0.4 is 4.90 Å². The molecular formula is C14H21N3OS. The quantitative estimate of drug-likeness (QED) is 0.792. The average Bonchev–Trinajstić information content (AvgIpc) is 3.10. The van der Waals surface area contributed by atoms with Crippen LogP contribution in [0, 0.1) is 12.8 Å². The number of piperazine rings is 1. The molecule has 2 aliphatic rings. The van der Waals surface area contributed by atoms with Gasteiger partial charge in [-0.1, -0.05) is 11.3 Å². The van der Waals surface area contributed by atoms with Crippen LogP contribution in [0.5, 0.6) is 0 Å². The minimum Gasteiger partial charge on any atom is -0.346 e. The number of aromatic nitrogens is 1. The van der Waals surface area contributed by atoms with Gasteiger partial charge in [0.05, 0.1) is 10.6 Å². The molecule has 2 fully saturated rings. The molecule has 0 radical (unpaired) electrons. The van der Waals surface area contributed by atoms with Crippen molar-refractivity contribution in [2.45, 2.75) is 26.7 Å². The number of hydrogen-bond donors (Lipinski definition) is 0. The summed E-state index contributed by atoms with van der Waals surface area (Å²) < 4.78 is 0. The first-order valence-electron chi connectivity index (χ1n) is 7.09. The molecule has 19 heavy (non-hydrogen) atoms. The molecule has 0 N–H and O–H groups in total. The molecule has 0 amide bonds. The third kappa shape index (κ3) is 2.98. The van der Waals surface area contributed by atoms with Gasteiger partial charge in [0.1, 0.15) is 0 Å². The smallest absolute Gasteiger partial charge is 0.186 e. The van der Waals surface area contributed by atoms with E-state index < -0.39 is 0 Å². The number of nitrogens with zero attached hydrogens (tertiary/aromatic N) is 3. The molecule has 1 saturated carbocycles. The predicted octanol–water partition coefficient (Wildman–Crippen LogP) is 2.19. The highest BCUT2D eigenvalue weighted by molar-refractivity contribution is 7.17. The number of ketones is 1. The number of anilines is 1. The fourth-order valence-corrected chi connectivity index (χ4v) is 3.65. The minimum atomic E-state index is 0.133. The van der Waals surface area contributed by atoms with E-state index in [2.05, 4.69) is 14.8 Å². The fourth-order valence-electron chi connectivity index (χ4n) is 2.63. The number of aryl methyl sites for hydroxylation is 1. The average molecular weight is 279 g/mol. The van der Waals surface area contributed by atoms with Crippen LogP contribution in [0.3, 0.4) is 0 Å². The molecule has 2 heterocycles. The van der Waals surface area contributed by atoms with E-state index in [1.165, 1.54) is 19.4 Å². The van der Waals surface area contributed by atoms with E-state index in [-0.39, 0.29) is 5.78 Å². The van der Waals surface area contributed by atoms with Gasteiger partial charge in [-0.15, -0.1) is 0 Å². The second-order valence-corrected chi connectivity index (χ2v) is 6.68. The van der Waals surface area contributed by atoms with Gasteiger partial charge < -0.3 is 4.90 Å². The Hall–Kier alpha value is -0.940. The zero-order chi connectivity index (χ0) is 13.4. The maximum atomic E-state index is 11.5. The van der Waals surface area contributed by atoms with Gasteiger partial charge in [-0.05, 0) is 25.7 Å². The number of carbonyl (C=O) groups excluding carboxylic acids is 1. The molecule has 1 aliphatic carbocycles. The Bertz CT molecular complexity index is 473. The van der Waals surface area contributed by atoms with E-state index in [0.717, 1.165) is 47.8 Å². The Morgan fingerprint density at radius 1 is 1.32 bits per heavy atom. The van der Waals surface area contributed by atoms with E-state index >= 15 is 0 Å². The molecule has 1 saturated heterocycles. The summed E-state index contributed by atoms with van der Waals surface area (Å²) in [6, 6.07) is 0. The topological polar surface area (TPSA) is 36.4 Å². The van der Waals surface area contributed by atoms with E-state index in [1.54, 1.807) is 18.3 Å². The fraction of sp³-hybridized carbons (Fsp3) is 0.714. The summed E-state index contributed by atoms with van der Waals surface area (Å²) in [6.07, 6.45) is 2.85. The van der Waals surface area contributed by atoms with Gasteiger partial charge in [0.15, 0.2) is 10.9 Å². The molecule has 0 bridgehead atoms. The third-order valence-corrected chi connectivity index (χ3v) is 5.28. The second-order valence-electron chi connectivity index (χ2n) is 5.70. The predicted molar refractivity (Wildman–Crippen MR) is 78.2 cm³/mol. The van der Waals surface area contributed by atoms with E-state index in [0.29, 0.717) is 0 Å². The third-order valence-electron chi connectivity index (χ3n) is 3.96. The summed E-state index contributed by atoms with van der Waals surface area (Å²) in [4.78, 5) is 21.8. The summed E-state index contributed by atoms with van der Waals surface area (Å²) in [7, 11) is 0. The highest BCUT2D eigenvalue weighted by atomic mass is 32.1. The summed E-state index contributed by atoms with van der Waals surface area (Å²) in [5.74, 6) is 1.10. The molecule has 104 valence electrons. The Kier molecular flexibility index (Phi) is 3.58. The van der Waals surface area contributed by atoms with Crippen molar-refractivity contribution in [1.82, 2.24) is 9.88 Å². The standard InChI is InChI=1S/C14H21N3OS/c1-10-13(11(2)18)19-14(15-10)17-7-5-16(6-8-17)9-12-3-4-12/h12H,3-9H2,1-2H3. The second kappa shape index (κ2) is 5.21. The van der Waals surface area contributed by atoms with Crippen LogP contribution in [0.4, 0.5) is 5.13 Å². The van der Waals surface area contributed by atoms with Gasteiger partial charge >= 0.3 is 0 Å². The van der Waals surface area contributed by atoms with E-state index in [9.17, 15) is 4.79 Å². The molecule has 0 spiro atoms. The largest absolute Gasteiger partial charge is 0.346 e. The van der Waals surface area contributed by atoms with Crippen LogP contribution in [0.2, 0.25) is 0 Å². The van der Waals surface area contributed by atoms with Crippen molar-refractivity contribution in [3.63, 3.8) is 0 Å².